The van der Waals surface area contributed by atoms with Crippen LogP contribution in [-0.2, 0) is 4.74 Å². The predicted octanol–water partition coefficient (Wildman–Crippen LogP) is 3.34. The van der Waals surface area contributed by atoms with Crippen LogP contribution in [-0.4, -0.2) is 42.0 Å². The van der Waals surface area contributed by atoms with Crippen LogP contribution in [0.15, 0.2) is 9.98 Å². The SMILES string of the molecule is CC=NC(=NC(C)[C@H](C)NC(=O)OC(C)(C)C)C(F)(F)F. The minimum Gasteiger partial charge on any atom is -0.444 e. The number of amides is 1. The van der Waals surface area contributed by atoms with Gasteiger partial charge in [0, 0.05) is 6.21 Å². The molecular formula is C13H22F3N3O2. The molecule has 0 aromatic rings. The van der Waals surface area contributed by atoms with E-state index in [1.54, 1.807) is 27.7 Å². The van der Waals surface area contributed by atoms with Gasteiger partial charge in [0.2, 0.25) is 5.84 Å². The molecule has 8 heteroatoms. The lowest BCUT2D eigenvalue weighted by Gasteiger charge is -2.23. The minimum atomic E-state index is -4.63. The molecule has 0 aromatic heterocycles. The summed E-state index contributed by atoms with van der Waals surface area (Å²) in [6.45, 7) is 9.44. The van der Waals surface area contributed by atoms with Gasteiger partial charge in [0.05, 0.1) is 12.1 Å². The van der Waals surface area contributed by atoms with Gasteiger partial charge in [-0.05, 0) is 41.5 Å². The minimum absolute atomic E-state index is 0.635. The Bertz CT molecular complexity index is 412. The first-order valence-electron chi connectivity index (χ1n) is 6.50. The van der Waals surface area contributed by atoms with Crippen LogP contribution in [0.5, 0.6) is 0 Å². The van der Waals surface area contributed by atoms with Crippen molar-refractivity contribution in [1.82, 2.24) is 5.32 Å². The third kappa shape index (κ3) is 8.31. The summed E-state index contributed by atoms with van der Waals surface area (Å²) in [5, 5.41) is 2.45. The summed E-state index contributed by atoms with van der Waals surface area (Å²) in [5.41, 5.74) is -0.681. The second kappa shape index (κ2) is 7.42. The molecule has 1 amide bonds. The van der Waals surface area contributed by atoms with E-state index in [0.717, 1.165) is 6.21 Å². The van der Waals surface area contributed by atoms with E-state index >= 15 is 0 Å². The highest BCUT2D eigenvalue weighted by Gasteiger charge is 2.36. The number of ether oxygens (including phenoxy) is 1. The van der Waals surface area contributed by atoms with Crippen LogP contribution in [0.1, 0.15) is 41.5 Å². The molecular weight excluding hydrogens is 287 g/mol. The summed E-state index contributed by atoms with van der Waals surface area (Å²) in [7, 11) is 0. The lowest BCUT2D eigenvalue weighted by molar-refractivity contribution is -0.0600. The van der Waals surface area contributed by atoms with Crippen LogP contribution >= 0.6 is 0 Å². The average Bonchev–Trinajstić information content (AvgIpc) is 2.23. The zero-order chi connectivity index (χ0) is 16.8. The van der Waals surface area contributed by atoms with Crippen molar-refractivity contribution in [3.63, 3.8) is 0 Å². The Hall–Kier alpha value is -1.60. The molecule has 0 saturated carbocycles. The summed E-state index contributed by atoms with van der Waals surface area (Å²) >= 11 is 0. The molecule has 21 heavy (non-hydrogen) atoms. The van der Waals surface area contributed by atoms with Crippen molar-refractivity contribution in [2.75, 3.05) is 0 Å². The molecule has 0 heterocycles. The van der Waals surface area contributed by atoms with E-state index in [0.29, 0.717) is 0 Å². The van der Waals surface area contributed by atoms with Gasteiger partial charge in [0.25, 0.3) is 0 Å². The molecule has 0 aliphatic heterocycles. The van der Waals surface area contributed by atoms with Gasteiger partial charge in [-0.2, -0.15) is 13.2 Å². The first kappa shape index (κ1) is 19.4. The second-order valence-corrected chi connectivity index (χ2v) is 5.51. The van der Waals surface area contributed by atoms with Crippen molar-refractivity contribution in [1.29, 1.82) is 0 Å². The fraction of sp³-hybridized carbons (Fsp3) is 0.769. The van der Waals surface area contributed by atoms with Crippen LogP contribution < -0.4 is 5.32 Å². The Labute approximate surface area is 122 Å². The van der Waals surface area contributed by atoms with Crippen molar-refractivity contribution >= 4 is 18.1 Å². The number of amidine groups is 1. The Balaban J connectivity index is 4.84. The van der Waals surface area contributed by atoms with E-state index in [1.165, 1.54) is 13.8 Å². The summed E-state index contributed by atoms with van der Waals surface area (Å²) < 4.78 is 43.0. The molecule has 2 atom stereocenters. The lowest BCUT2D eigenvalue weighted by Crippen LogP contribution is -2.42. The fourth-order valence-corrected chi connectivity index (χ4v) is 1.22. The maximum atomic E-state index is 12.7. The second-order valence-electron chi connectivity index (χ2n) is 5.51. The molecule has 0 fully saturated rings. The van der Waals surface area contributed by atoms with Crippen molar-refractivity contribution in [2.24, 2.45) is 9.98 Å². The van der Waals surface area contributed by atoms with Crippen LogP contribution in [0.4, 0.5) is 18.0 Å². The van der Waals surface area contributed by atoms with Crippen molar-refractivity contribution in [3.8, 4) is 0 Å². The molecule has 0 aromatic carbocycles. The molecule has 1 unspecified atom stereocenters. The van der Waals surface area contributed by atoms with Gasteiger partial charge in [-0.3, -0.25) is 4.99 Å². The third-order valence-electron chi connectivity index (χ3n) is 2.30. The fourth-order valence-electron chi connectivity index (χ4n) is 1.22. The van der Waals surface area contributed by atoms with Gasteiger partial charge in [0.1, 0.15) is 5.60 Å². The Kier molecular flexibility index (Phi) is 6.85. The Morgan fingerprint density at radius 1 is 1.24 bits per heavy atom. The van der Waals surface area contributed by atoms with Crippen molar-refractivity contribution in [2.45, 2.75) is 65.4 Å². The van der Waals surface area contributed by atoms with Gasteiger partial charge >= 0.3 is 12.3 Å². The number of nitrogens with one attached hydrogen (secondary N) is 1. The van der Waals surface area contributed by atoms with Gasteiger partial charge in [0.15, 0.2) is 0 Å². The summed E-state index contributed by atoms with van der Waals surface area (Å²) in [4.78, 5) is 18.3. The molecule has 0 spiro atoms. The van der Waals surface area contributed by atoms with Gasteiger partial charge in [-0.1, -0.05) is 0 Å². The number of alkyl halides is 3. The molecule has 0 bridgehead atoms. The maximum absolute atomic E-state index is 12.7. The average molecular weight is 309 g/mol. The number of aliphatic imine (C=N–C) groups is 2. The zero-order valence-electron chi connectivity index (χ0n) is 13.1. The molecule has 5 nitrogen and oxygen atoms in total. The van der Waals surface area contributed by atoms with E-state index < -0.39 is 35.8 Å². The third-order valence-corrected chi connectivity index (χ3v) is 2.30. The number of hydrogen-bond donors (Lipinski definition) is 1. The molecule has 0 radical (unpaired) electrons. The van der Waals surface area contributed by atoms with Gasteiger partial charge in [-0.15, -0.1) is 0 Å². The Morgan fingerprint density at radius 2 is 1.76 bits per heavy atom. The highest BCUT2D eigenvalue weighted by atomic mass is 19.4. The van der Waals surface area contributed by atoms with Crippen LogP contribution in [0.3, 0.4) is 0 Å². The molecule has 0 rings (SSSR count). The predicted molar refractivity (Wildman–Crippen MR) is 75.9 cm³/mol. The number of carbonyl (C=O) groups excluding carboxylic acids is 1. The zero-order valence-corrected chi connectivity index (χ0v) is 13.1. The van der Waals surface area contributed by atoms with Crippen LogP contribution in [0, 0.1) is 0 Å². The van der Waals surface area contributed by atoms with Crippen molar-refractivity contribution in [3.05, 3.63) is 0 Å². The number of rotatable bonds is 3. The number of hydrogen-bond acceptors (Lipinski definition) is 3. The van der Waals surface area contributed by atoms with E-state index in [4.69, 9.17) is 4.74 Å². The number of nitrogens with zero attached hydrogens (tertiary/aromatic N) is 2. The van der Waals surface area contributed by atoms with Crippen LogP contribution in [0.25, 0.3) is 0 Å². The summed E-state index contributed by atoms with van der Waals surface area (Å²) in [6, 6.07) is -1.44. The number of halogens is 3. The molecule has 0 saturated heterocycles. The molecule has 1 N–H and O–H groups in total. The first-order valence-corrected chi connectivity index (χ1v) is 6.50. The van der Waals surface area contributed by atoms with E-state index in [1.807, 2.05) is 0 Å². The van der Waals surface area contributed by atoms with E-state index in [2.05, 4.69) is 15.3 Å². The summed E-state index contributed by atoms with van der Waals surface area (Å²) in [6.07, 6.45) is -4.32. The van der Waals surface area contributed by atoms with Crippen molar-refractivity contribution < 1.29 is 22.7 Å². The standard InChI is InChI=1S/C13H22F3N3O2/c1-7-17-10(13(14,15)16)18-8(2)9(3)19-11(20)21-12(4,5)6/h7-9H,1-6H3,(H,19,20)/t8?,9-/m0/s1. The topological polar surface area (TPSA) is 63.0 Å². The highest BCUT2D eigenvalue weighted by Crippen LogP contribution is 2.19. The normalized spacial score (nSPS) is 16.7. The molecule has 122 valence electrons. The highest BCUT2D eigenvalue weighted by molar-refractivity contribution is 5.93. The van der Waals surface area contributed by atoms with E-state index in [9.17, 15) is 18.0 Å². The first-order chi connectivity index (χ1) is 9.36. The largest absolute Gasteiger partial charge is 0.451 e. The van der Waals surface area contributed by atoms with Gasteiger partial charge < -0.3 is 10.1 Å². The number of alkyl carbamates (subject to hydrolysis) is 1. The summed E-state index contributed by atoms with van der Waals surface area (Å²) in [5.74, 6) is -1.23. The quantitative estimate of drug-likeness (QED) is 0.642. The number of carbonyl (C=O) groups is 1. The van der Waals surface area contributed by atoms with Crippen LogP contribution in [0.2, 0.25) is 0 Å². The monoisotopic (exact) mass is 309 g/mol. The lowest BCUT2D eigenvalue weighted by atomic mass is 10.2. The van der Waals surface area contributed by atoms with E-state index in [-0.39, 0.29) is 0 Å². The molecule has 0 aliphatic carbocycles. The molecule has 0 aliphatic rings. The Morgan fingerprint density at radius 3 is 2.14 bits per heavy atom. The maximum Gasteiger partial charge on any atom is 0.451 e. The smallest absolute Gasteiger partial charge is 0.444 e. The van der Waals surface area contributed by atoms with Gasteiger partial charge in [-0.25, -0.2) is 9.79 Å².